The molecule has 1 aromatic carbocycles. The minimum atomic E-state index is 0. The van der Waals surface area contributed by atoms with Crippen LogP contribution in [0.15, 0.2) is 18.2 Å². The molecule has 0 radical (unpaired) electrons. The standard InChI is InChI=1S/C14H21ClN2.2ClH/c1-11(10-16)12-5-6-14(13(15)9-12)17-7-3-2-4-8-17;;/h5-6,9,11H,2-4,7-8,10,16H2,1H3;2*1H. The minimum Gasteiger partial charge on any atom is -0.370 e. The zero-order valence-corrected chi connectivity index (χ0v) is 13.7. The SMILES string of the molecule is CC(CN)c1ccc(N2CCCCC2)c(Cl)c1.Cl.Cl. The third-order valence-electron chi connectivity index (χ3n) is 3.59. The van der Waals surface area contributed by atoms with Crippen molar-refractivity contribution in [3.8, 4) is 0 Å². The zero-order chi connectivity index (χ0) is 12.3. The highest BCUT2D eigenvalue weighted by molar-refractivity contribution is 6.33. The van der Waals surface area contributed by atoms with Crippen molar-refractivity contribution in [2.24, 2.45) is 5.73 Å². The number of halogens is 3. The first-order valence-corrected chi connectivity index (χ1v) is 6.84. The van der Waals surface area contributed by atoms with E-state index in [0.29, 0.717) is 12.5 Å². The highest BCUT2D eigenvalue weighted by atomic mass is 35.5. The molecule has 1 saturated heterocycles. The molecule has 2 N–H and O–H groups in total. The van der Waals surface area contributed by atoms with Gasteiger partial charge in [0, 0.05) is 13.1 Å². The molecular weight excluding hydrogens is 303 g/mol. The molecule has 1 aliphatic heterocycles. The highest BCUT2D eigenvalue weighted by Crippen LogP contribution is 2.31. The number of hydrogen-bond donors (Lipinski definition) is 1. The number of rotatable bonds is 3. The Morgan fingerprint density at radius 2 is 1.84 bits per heavy atom. The van der Waals surface area contributed by atoms with Crippen LogP contribution in [-0.4, -0.2) is 19.6 Å². The fourth-order valence-electron chi connectivity index (χ4n) is 2.36. The van der Waals surface area contributed by atoms with Gasteiger partial charge < -0.3 is 10.6 Å². The summed E-state index contributed by atoms with van der Waals surface area (Å²) in [6, 6.07) is 6.38. The second-order valence-corrected chi connectivity index (χ2v) is 5.30. The summed E-state index contributed by atoms with van der Waals surface area (Å²) in [5.41, 5.74) is 8.10. The van der Waals surface area contributed by atoms with Gasteiger partial charge in [0.15, 0.2) is 0 Å². The van der Waals surface area contributed by atoms with Crippen molar-refractivity contribution in [1.82, 2.24) is 0 Å². The summed E-state index contributed by atoms with van der Waals surface area (Å²) < 4.78 is 0. The van der Waals surface area contributed by atoms with E-state index in [4.69, 9.17) is 17.3 Å². The van der Waals surface area contributed by atoms with Gasteiger partial charge in [0.2, 0.25) is 0 Å². The Balaban J connectivity index is 0.00000162. The summed E-state index contributed by atoms with van der Waals surface area (Å²) in [6.07, 6.45) is 3.89. The van der Waals surface area contributed by atoms with E-state index in [1.165, 1.54) is 30.5 Å². The molecule has 5 heteroatoms. The van der Waals surface area contributed by atoms with Crippen LogP contribution in [0.5, 0.6) is 0 Å². The highest BCUT2D eigenvalue weighted by Gasteiger charge is 2.14. The Morgan fingerprint density at radius 3 is 2.37 bits per heavy atom. The van der Waals surface area contributed by atoms with Gasteiger partial charge >= 0.3 is 0 Å². The summed E-state index contributed by atoms with van der Waals surface area (Å²) >= 11 is 6.38. The Labute approximate surface area is 133 Å². The lowest BCUT2D eigenvalue weighted by Crippen LogP contribution is -2.29. The van der Waals surface area contributed by atoms with Gasteiger partial charge in [-0.3, -0.25) is 0 Å². The van der Waals surface area contributed by atoms with E-state index in [9.17, 15) is 0 Å². The predicted octanol–water partition coefficient (Wildman–Crippen LogP) is 4.24. The van der Waals surface area contributed by atoms with Gasteiger partial charge in [0.1, 0.15) is 0 Å². The Hall–Kier alpha value is -0.150. The van der Waals surface area contributed by atoms with Gasteiger partial charge in [-0.05, 0) is 49.4 Å². The molecule has 0 amide bonds. The van der Waals surface area contributed by atoms with E-state index >= 15 is 0 Å². The summed E-state index contributed by atoms with van der Waals surface area (Å²) in [4.78, 5) is 2.39. The summed E-state index contributed by atoms with van der Waals surface area (Å²) in [5, 5.41) is 0.865. The molecule has 0 aromatic heterocycles. The second-order valence-electron chi connectivity index (χ2n) is 4.90. The first kappa shape index (κ1) is 18.9. The fourth-order valence-corrected chi connectivity index (χ4v) is 2.67. The maximum atomic E-state index is 6.38. The molecule has 1 heterocycles. The van der Waals surface area contributed by atoms with E-state index in [-0.39, 0.29) is 24.8 Å². The molecular formula is C14H23Cl3N2. The quantitative estimate of drug-likeness (QED) is 0.901. The zero-order valence-electron chi connectivity index (χ0n) is 11.3. The van der Waals surface area contributed by atoms with Gasteiger partial charge in [-0.15, -0.1) is 24.8 Å². The van der Waals surface area contributed by atoms with Gasteiger partial charge in [-0.2, -0.15) is 0 Å². The molecule has 19 heavy (non-hydrogen) atoms. The molecule has 0 bridgehead atoms. The maximum Gasteiger partial charge on any atom is 0.0642 e. The van der Waals surface area contributed by atoms with Crippen molar-refractivity contribution in [2.45, 2.75) is 32.1 Å². The van der Waals surface area contributed by atoms with Crippen molar-refractivity contribution in [2.75, 3.05) is 24.5 Å². The van der Waals surface area contributed by atoms with E-state index in [1.807, 2.05) is 0 Å². The van der Waals surface area contributed by atoms with Crippen molar-refractivity contribution < 1.29 is 0 Å². The van der Waals surface area contributed by atoms with Crippen LogP contribution in [0, 0.1) is 0 Å². The van der Waals surface area contributed by atoms with Gasteiger partial charge in [0.05, 0.1) is 10.7 Å². The number of hydrogen-bond acceptors (Lipinski definition) is 2. The van der Waals surface area contributed by atoms with Crippen molar-refractivity contribution in [3.05, 3.63) is 28.8 Å². The van der Waals surface area contributed by atoms with Crippen LogP contribution >= 0.6 is 36.4 Å². The monoisotopic (exact) mass is 324 g/mol. The summed E-state index contributed by atoms with van der Waals surface area (Å²) in [7, 11) is 0. The lowest BCUT2D eigenvalue weighted by molar-refractivity contribution is 0.578. The minimum absolute atomic E-state index is 0. The third-order valence-corrected chi connectivity index (χ3v) is 3.89. The van der Waals surface area contributed by atoms with Crippen LogP contribution in [0.1, 0.15) is 37.7 Å². The number of nitrogens with two attached hydrogens (primary N) is 1. The molecule has 1 aliphatic rings. The maximum absolute atomic E-state index is 6.38. The Morgan fingerprint density at radius 1 is 1.21 bits per heavy atom. The predicted molar refractivity (Wildman–Crippen MR) is 89.5 cm³/mol. The van der Waals surface area contributed by atoms with Crippen LogP contribution in [0.3, 0.4) is 0 Å². The lowest BCUT2D eigenvalue weighted by Gasteiger charge is -2.30. The molecule has 1 atom stereocenters. The van der Waals surface area contributed by atoms with Crippen molar-refractivity contribution >= 4 is 42.1 Å². The van der Waals surface area contributed by atoms with Gasteiger partial charge in [-0.25, -0.2) is 0 Å². The molecule has 2 nitrogen and oxygen atoms in total. The second kappa shape index (κ2) is 8.91. The molecule has 110 valence electrons. The van der Waals surface area contributed by atoms with Crippen LogP contribution in [0.25, 0.3) is 0 Å². The molecule has 0 spiro atoms. The molecule has 2 rings (SSSR count). The van der Waals surface area contributed by atoms with Crippen LogP contribution in [-0.2, 0) is 0 Å². The smallest absolute Gasteiger partial charge is 0.0642 e. The lowest BCUT2D eigenvalue weighted by atomic mass is 10.0. The fraction of sp³-hybridized carbons (Fsp3) is 0.571. The molecule has 1 fully saturated rings. The van der Waals surface area contributed by atoms with Crippen LogP contribution in [0.4, 0.5) is 5.69 Å². The number of anilines is 1. The number of piperidine rings is 1. The van der Waals surface area contributed by atoms with Crippen LogP contribution < -0.4 is 10.6 Å². The number of nitrogens with zero attached hydrogens (tertiary/aromatic N) is 1. The van der Waals surface area contributed by atoms with Crippen LogP contribution in [0.2, 0.25) is 5.02 Å². The average molecular weight is 326 g/mol. The van der Waals surface area contributed by atoms with Gasteiger partial charge in [0.25, 0.3) is 0 Å². The Bertz CT molecular complexity index is 379. The topological polar surface area (TPSA) is 29.3 Å². The van der Waals surface area contributed by atoms with E-state index in [1.54, 1.807) is 0 Å². The first-order valence-electron chi connectivity index (χ1n) is 6.47. The molecule has 0 saturated carbocycles. The molecule has 1 unspecified atom stereocenters. The Kier molecular flexibility index (Phi) is 8.84. The van der Waals surface area contributed by atoms with E-state index in [0.717, 1.165) is 18.1 Å². The van der Waals surface area contributed by atoms with E-state index < -0.39 is 0 Å². The normalized spacial score (nSPS) is 16.3. The first-order chi connectivity index (χ1) is 8.22. The van der Waals surface area contributed by atoms with Crippen molar-refractivity contribution in [3.63, 3.8) is 0 Å². The average Bonchev–Trinajstić information content (AvgIpc) is 2.38. The summed E-state index contributed by atoms with van der Waals surface area (Å²) in [5.74, 6) is 0.378. The molecule has 1 aromatic rings. The third kappa shape index (κ3) is 4.71. The summed E-state index contributed by atoms with van der Waals surface area (Å²) in [6.45, 7) is 5.06. The largest absolute Gasteiger partial charge is 0.370 e. The molecule has 0 aliphatic carbocycles. The number of benzene rings is 1. The van der Waals surface area contributed by atoms with Crippen molar-refractivity contribution in [1.29, 1.82) is 0 Å². The van der Waals surface area contributed by atoms with E-state index in [2.05, 4.69) is 30.0 Å². The van der Waals surface area contributed by atoms with Gasteiger partial charge in [-0.1, -0.05) is 24.6 Å².